The average Bonchev–Trinajstić information content (AvgIpc) is 3.38. The van der Waals surface area contributed by atoms with E-state index in [1.165, 1.54) is 6.08 Å². The first-order chi connectivity index (χ1) is 15.8. The molecule has 2 N–H and O–H groups in total. The van der Waals surface area contributed by atoms with Crippen molar-refractivity contribution in [3.05, 3.63) is 60.6 Å². The monoisotopic (exact) mass is 443 g/mol. The van der Waals surface area contributed by atoms with E-state index in [0.29, 0.717) is 12.5 Å². The Bertz CT molecular complexity index is 1350. The minimum atomic E-state index is -0.246. The zero-order valence-corrected chi connectivity index (χ0v) is 19.7. The van der Waals surface area contributed by atoms with Gasteiger partial charge in [-0.1, -0.05) is 32.6 Å². The molecule has 33 heavy (non-hydrogen) atoms. The van der Waals surface area contributed by atoms with E-state index in [-0.39, 0.29) is 5.91 Å². The molecule has 170 valence electrons. The van der Waals surface area contributed by atoms with Gasteiger partial charge in [0, 0.05) is 41.0 Å². The van der Waals surface area contributed by atoms with Crippen LogP contribution in [0.25, 0.3) is 33.4 Å². The van der Waals surface area contributed by atoms with Gasteiger partial charge < -0.3 is 15.0 Å². The van der Waals surface area contributed by atoms with Crippen LogP contribution in [0.1, 0.15) is 25.0 Å². The van der Waals surface area contributed by atoms with Crippen molar-refractivity contribution in [3.63, 3.8) is 0 Å². The maximum atomic E-state index is 12.0. The van der Waals surface area contributed by atoms with Crippen LogP contribution in [0.2, 0.25) is 0 Å². The molecule has 4 aromatic rings. The number of ether oxygens (including phenoxy) is 1. The summed E-state index contributed by atoms with van der Waals surface area (Å²) in [6, 6.07) is 6.05. The first-order valence-corrected chi connectivity index (χ1v) is 11.0. The predicted molar refractivity (Wildman–Crippen MR) is 132 cm³/mol. The molecule has 0 atom stereocenters. The first kappa shape index (κ1) is 22.3. The largest absolute Gasteiger partial charge is 0.491 e. The molecule has 0 unspecified atom stereocenters. The number of benzene rings is 1. The van der Waals surface area contributed by atoms with Gasteiger partial charge in [0.1, 0.15) is 11.4 Å². The Morgan fingerprint density at radius 2 is 2.06 bits per heavy atom. The van der Waals surface area contributed by atoms with E-state index in [1.807, 2.05) is 38.5 Å². The molecule has 0 aliphatic heterocycles. The Hall–Kier alpha value is -3.87. The van der Waals surface area contributed by atoms with Crippen LogP contribution in [0.3, 0.4) is 0 Å². The molecule has 1 aromatic carbocycles. The quantitative estimate of drug-likeness (QED) is 0.374. The Morgan fingerprint density at radius 1 is 1.27 bits per heavy atom. The number of fused-ring (bicyclic) bond motifs is 1. The van der Waals surface area contributed by atoms with Gasteiger partial charge in [0.15, 0.2) is 0 Å². The normalized spacial score (nSPS) is 11.2. The molecule has 0 aliphatic rings. The number of hydrogen-bond donors (Lipinski definition) is 2. The van der Waals surface area contributed by atoms with Gasteiger partial charge >= 0.3 is 0 Å². The lowest BCUT2D eigenvalue weighted by molar-refractivity contribution is -0.111. The highest BCUT2D eigenvalue weighted by molar-refractivity contribution is 6.06. The van der Waals surface area contributed by atoms with Crippen LogP contribution < -0.4 is 10.1 Å². The van der Waals surface area contributed by atoms with Crippen LogP contribution in [0, 0.1) is 19.8 Å². The maximum absolute atomic E-state index is 12.0. The van der Waals surface area contributed by atoms with Gasteiger partial charge in [-0.3, -0.25) is 9.48 Å². The van der Waals surface area contributed by atoms with Crippen LogP contribution in [0.5, 0.6) is 5.75 Å². The molecular weight excluding hydrogens is 414 g/mol. The molecule has 0 radical (unpaired) electrons. The molecule has 4 rings (SSSR count). The fourth-order valence-corrected chi connectivity index (χ4v) is 3.85. The van der Waals surface area contributed by atoms with Crippen LogP contribution in [0.4, 0.5) is 5.69 Å². The third-order valence-corrected chi connectivity index (χ3v) is 5.57. The van der Waals surface area contributed by atoms with E-state index < -0.39 is 0 Å². The summed E-state index contributed by atoms with van der Waals surface area (Å²) in [4.78, 5) is 20.1. The third kappa shape index (κ3) is 4.39. The van der Waals surface area contributed by atoms with Gasteiger partial charge in [-0.15, -0.1) is 0 Å². The molecule has 7 nitrogen and oxygen atoms in total. The number of carbonyl (C=O) groups excluding carboxylic acids is 1. The molecule has 7 heteroatoms. The van der Waals surface area contributed by atoms with E-state index in [1.54, 1.807) is 10.9 Å². The van der Waals surface area contributed by atoms with Crippen LogP contribution >= 0.6 is 0 Å². The summed E-state index contributed by atoms with van der Waals surface area (Å²) < 4.78 is 7.84. The van der Waals surface area contributed by atoms with Crippen molar-refractivity contribution in [1.82, 2.24) is 19.7 Å². The summed E-state index contributed by atoms with van der Waals surface area (Å²) in [5.41, 5.74) is 7.30. The van der Waals surface area contributed by atoms with E-state index in [2.05, 4.69) is 53.8 Å². The van der Waals surface area contributed by atoms with Crippen molar-refractivity contribution in [2.45, 2.75) is 27.7 Å². The highest BCUT2D eigenvalue weighted by Crippen LogP contribution is 2.42. The van der Waals surface area contributed by atoms with Gasteiger partial charge in [-0.2, -0.15) is 5.10 Å². The second-order valence-corrected chi connectivity index (χ2v) is 8.68. The number of hydrogen-bond acceptors (Lipinski definition) is 4. The molecule has 0 bridgehead atoms. The number of nitrogens with zero attached hydrogens (tertiary/aromatic N) is 3. The van der Waals surface area contributed by atoms with Crippen molar-refractivity contribution in [1.29, 1.82) is 0 Å². The summed E-state index contributed by atoms with van der Waals surface area (Å²) in [5, 5.41) is 8.25. The van der Waals surface area contributed by atoms with E-state index in [4.69, 9.17) is 4.74 Å². The van der Waals surface area contributed by atoms with Crippen molar-refractivity contribution in [2.24, 2.45) is 13.0 Å². The molecule has 1 amide bonds. The Kier molecular flexibility index (Phi) is 6.05. The van der Waals surface area contributed by atoms with E-state index in [9.17, 15) is 4.79 Å². The second kappa shape index (κ2) is 8.94. The fourth-order valence-electron chi connectivity index (χ4n) is 3.85. The van der Waals surface area contributed by atoms with Crippen LogP contribution in [-0.4, -0.2) is 32.3 Å². The summed E-state index contributed by atoms with van der Waals surface area (Å²) in [7, 11) is 1.89. The molecule has 0 spiro atoms. The molecular formula is C26H29N5O2. The summed E-state index contributed by atoms with van der Waals surface area (Å²) in [6.07, 6.45) is 6.84. The number of rotatable bonds is 7. The Morgan fingerprint density at radius 3 is 2.73 bits per heavy atom. The molecule has 0 saturated heterocycles. The summed E-state index contributed by atoms with van der Waals surface area (Å²) in [6.45, 7) is 12.4. The summed E-state index contributed by atoms with van der Waals surface area (Å²) in [5.74, 6) is 0.926. The smallest absolute Gasteiger partial charge is 0.247 e. The predicted octanol–water partition coefficient (Wildman–Crippen LogP) is 5.41. The van der Waals surface area contributed by atoms with Crippen molar-refractivity contribution >= 4 is 22.6 Å². The standard InChI is InChI=1S/C26H29N5O2/c1-7-22(32)29-20-10-18(9-8-16(20)4)24-23-17(5)21(33-14-15(2)3)12-27-26(23)30-25(24)19-11-28-31(6)13-19/h7-13,15H,1,14H2,2-6H3,(H,27,30)(H,29,32). The number of anilines is 1. The van der Waals surface area contributed by atoms with Gasteiger partial charge in [0.25, 0.3) is 0 Å². The van der Waals surface area contributed by atoms with Gasteiger partial charge in [0.2, 0.25) is 5.91 Å². The maximum Gasteiger partial charge on any atom is 0.247 e. The lowest BCUT2D eigenvalue weighted by Gasteiger charge is -2.13. The molecule has 0 aliphatic carbocycles. The lowest BCUT2D eigenvalue weighted by atomic mass is 9.96. The topological polar surface area (TPSA) is 84.8 Å². The number of aryl methyl sites for hydroxylation is 3. The number of amides is 1. The van der Waals surface area contributed by atoms with E-state index >= 15 is 0 Å². The van der Waals surface area contributed by atoms with Crippen LogP contribution in [-0.2, 0) is 11.8 Å². The molecule has 3 aromatic heterocycles. The number of H-pyrrole nitrogens is 1. The number of nitrogens with one attached hydrogen (secondary N) is 2. The van der Waals surface area contributed by atoms with Crippen LogP contribution in [0.15, 0.2) is 49.4 Å². The minimum Gasteiger partial charge on any atom is -0.491 e. The van der Waals surface area contributed by atoms with Gasteiger partial charge in [-0.05, 0) is 43.0 Å². The molecule has 0 saturated carbocycles. The summed E-state index contributed by atoms with van der Waals surface area (Å²) >= 11 is 0. The average molecular weight is 444 g/mol. The number of pyridine rings is 1. The highest BCUT2D eigenvalue weighted by atomic mass is 16.5. The fraction of sp³-hybridized carbons (Fsp3) is 0.269. The number of aromatic amines is 1. The van der Waals surface area contributed by atoms with Gasteiger partial charge in [-0.25, -0.2) is 4.98 Å². The van der Waals surface area contributed by atoms with Crippen molar-refractivity contribution in [2.75, 3.05) is 11.9 Å². The van der Waals surface area contributed by atoms with Crippen molar-refractivity contribution < 1.29 is 9.53 Å². The third-order valence-electron chi connectivity index (χ3n) is 5.57. The Labute approximate surface area is 193 Å². The van der Waals surface area contributed by atoms with Crippen molar-refractivity contribution in [3.8, 4) is 28.1 Å². The molecule has 3 heterocycles. The zero-order valence-electron chi connectivity index (χ0n) is 19.7. The molecule has 0 fully saturated rings. The zero-order chi connectivity index (χ0) is 23.7. The number of carbonyl (C=O) groups is 1. The highest BCUT2D eigenvalue weighted by Gasteiger charge is 2.21. The SMILES string of the molecule is C=CC(=O)Nc1cc(-c2c(-c3cnn(C)c3)[nH]c3ncc(OCC(C)C)c(C)c23)ccc1C. The minimum absolute atomic E-state index is 0.246. The Balaban J connectivity index is 1.96. The lowest BCUT2D eigenvalue weighted by Crippen LogP contribution is -2.08. The van der Waals surface area contributed by atoms with E-state index in [0.717, 1.165) is 56.0 Å². The van der Waals surface area contributed by atoms with Gasteiger partial charge in [0.05, 0.1) is 24.7 Å². The first-order valence-electron chi connectivity index (χ1n) is 11.0. The second-order valence-electron chi connectivity index (χ2n) is 8.68. The number of aromatic nitrogens is 4.